The summed E-state index contributed by atoms with van der Waals surface area (Å²) in [4.78, 5) is 101. The Labute approximate surface area is 332 Å². The van der Waals surface area contributed by atoms with Crippen LogP contribution >= 0.6 is 12.6 Å². The van der Waals surface area contributed by atoms with Crippen molar-refractivity contribution in [2.45, 2.75) is 148 Å². The van der Waals surface area contributed by atoms with Gasteiger partial charge in [-0.3, -0.25) is 38.4 Å². The van der Waals surface area contributed by atoms with Crippen molar-refractivity contribution in [2.24, 2.45) is 35.0 Å². The van der Waals surface area contributed by atoms with Crippen molar-refractivity contribution in [3.63, 3.8) is 0 Å². The lowest BCUT2D eigenvalue weighted by Gasteiger charge is -2.24. The van der Waals surface area contributed by atoms with Gasteiger partial charge in [0.1, 0.15) is 17.6 Å². The molecule has 5 amide bonds. The van der Waals surface area contributed by atoms with Gasteiger partial charge in [-0.25, -0.2) is 0 Å². The minimum Gasteiger partial charge on any atom is -0.359 e. The highest BCUT2D eigenvalue weighted by molar-refractivity contribution is 7.80. The van der Waals surface area contributed by atoms with Crippen molar-refractivity contribution in [3.8, 4) is 0 Å². The zero-order valence-corrected chi connectivity index (χ0v) is 34.8. The number of thiol groups is 1. The fourth-order valence-corrected chi connectivity index (χ4v) is 5.85. The average molecular weight is 799 g/mol. The van der Waals surface area contributed by atoms with Crippen molar-refractivity contribution in [1.29, 1.82) is 0 Å². The van der Waals surface area contributed by atoms with Gasteiger partial charge in [-0.1, -0.05) is 33.1 Å². The zero-order valence-electron chi connectivity index (χ0n) is 33.9. The van der Waals surface area contributed by atoms with Crippen LogP contribution in [-0.4, -0.2) is 103 Å². The molecule has 316 valence electrons. The van der Waals surface area contributed by atoms with E-state index < -0.39 is 59.8 Å². The zero-order chi connectivity index (χ0) is 42.1. The fraction of sp³-hybridized carbons (Fsp3) is 0.789. The Balaban J connectivity index is 5.64. The average Bonchev–Trinajstić information content (AvgIpc) is 3.13. The van der Waals surface area contributed by atoms with Crippen LogP contribution < -0.4 is 43.8 Å². The number of hydrogen-bond donors (Lipinski definition) is 9. The first-order chi connectivity index (χ1) is 25.9. The minimum atomic E-state index is -0.954. The van der Waals surface area contributed by atoms with Crippen LogP contribution in [0.4, 0.5) is 0 Å². The Morgan fingerprint density at radius 2 is 1.02 bits per heavy atom. The van der Waals surface area contributed by atoms with Gasteiger partial charge in [0.2, 0.25) is 29.5 Å². The van der Waals surface area contributed by atoms with Crippen molar-refractivity contribution >= 4 is 59.5 Å². The quantitative estimate of drug-likeness (QED) is 0.0346. The molecule has 0 aliphatic carbocycles. The lowest BCUT2D eigenvalue weighted by molar-refractivity contribution is -0.134. The van der Waals surface area contributed by atoms with Gasteiger partial charge in [-0.15, -0.1) is 0 Å². The first-order valence-corrected chi connectivity index (χ1v) is 20.3. The van der Waals surface area contributed by atoms with E-state index in [1.54, 1.807) is 27.7 Å². The van der Waals surface area contributed by atoms with Crippen LogP contribution in [0.1, 0.15) is 118 Å². The summed E-state index contributed by atoms with van der Waals surface area (Å²) >= 11 is 4.24. The third-order valence-corrected chi connectivity index (χ3v) is 9.77. The van der Waals surface area contributed by atoms with E-state index in [4.69, 9.17) is 17.2 Å². The van der Waals surface area contributed by atoms with E-state index in [0.717, 1.165) is 0 Å². The minimum absolute atomic E-state index is 0.00813. The predicted molar refractivity (Wildman–Crippen MR) is 216 cm³/mol. The van der Waals surface area contributed by atoms with Gasteiger partial charge >= 0.3 is 0 Å². The van der Waals surface area contributed by atoms with Crippen LogP contribution in [0.25, 0.3) is 0 Å². The molecule has 0 aromatic carbocycles. The molecule has 0 saturated carbocycles. The summed E-state index contributed by atoms with van der Waals surface area (Å²) in [5.41, 5.74) is 16.9. The monoisotopic (exact) mass is 799 g/mol. The molecular weight excluding hydrogens is 729 g/mol. The molecule has 0 bridgehead atoms. The highest BCUT2D eigenvalue weighted by Gasteiger charge is 2.30. The summed E-state index contributed by atoms with van der Waals surface area (Å²) in [6.07, 6.45) is 4.94. The normalized spacial score (nSPS) is 15.0. The summed E-state index contributed by atoms with van der Waals surface area (Å²) in [5, 5.41) is 13.6. The molecular formula is C38H70N8O8S. The van der Waals surface area contributed by atoms with Gasteiger partial charge in [0, 0.05) is 57.0 Å². The Hall–Kier alpha value is -3.41. The van der Waals surface area contributed by atoms with E-state index in [2.05, 4.69) is 39.2 Å². The first kappa shape index (κ1) is 51.6. The maximum atomic E-state index is 13.7. The summed E-state index contributed by atoms with van der Waals surface area (Å²) in [7, 11) is 1.47. The van der Waals surface area contributed by atoms with Crippen LogP contribution in [0, 0.1) is 17.8 Å². The summed E-state index contributed by atoms with van der Waals surface area (Å²) in [6.45, 7) is 8.84. The second-order valence-electron chi connectivity index (χ2n) is 14.8. The number of hydrogen-bond acceptors (Lipinski definition) is 12. The van der Waals surface area contributed by atoms with Crippen LogP contribution in [0.3, 0.4) is 0 Å². The molecule has 0 aliphatic rings. The molecule has 17 heteroatoms. The molecule has 0 aromatic rings. The van der Waals surface area contributed by atoms with Gasteiger partial charge in [0.05, 0.1) is 30.1 Å². The van der Waals surface area contributed by atoms with E-state index in [1.165, 1.54) is 14.0 Å². The Bertz CT molecular complexity index is 1250. The first-order valence-electron chi connectivity index (χ1n) is 19.7. The lowest BCUT2D eigenvalue weighted by atomic mass is 9.90. The van der Waals surface area contributed by atoms with Crippen LogP contribution in [0.2, 0.25) is 0 Å². The van der Waals surface area contributed by atoms with Crippen LogP contribution in [0.5, 0.6) is 0 Å². The Kier molecular flexibility index (Phi) is 27.1. The van der Waals surface area contributed by atoms with Crippen molar-refractivity contribution in [1.82, 2.24) is 26.6 Å². The number of nitrogens with one attached hydrogen (secondary N) is 5. The molecule has 0 heterocycles. The van der Waals surface area contributed by atoms with Crippen LogP contribution in [0.15, 0.2) is 0 Å². The molecule has 0 rings (SSSR count). The van der Waals surface area contributed by atoms with E-state index >= 15 is 0 Å². The highest BCUT2D eigenvalue weighted by atomic mass is 32.1. The topological polar surface area (TPSA) is 275 Å². The second-order valence-corrected chi connectivity index (χ2v) is 15.2. The standard InChI is InChI=1S/C38H70N8O8S/c1-23(2)32(48)20-27(14-10-12-18-43-34(50)25(4)40)37(53)45-29(33(49)21-28(22-55)36(52)42-6)15-11-13-19-44-38(54)30(46-35(51)26(5)41)16-8-7-9-17-31(47)24(3)39/h23-30,55H,7-22,39-41H2,1-6H3,(H,42,52)(H,43,50)(H,44,54)(H,45,53)(H,46,51). The number of unbranched alkanes of at least 4 members (excludes halogenated alkanes) is 4. The highest BCUT2D eigenvalue weighted by Crippen LogP contribution is 2.19. The Morgan fingerprint density at radius 1 is 0.509 bits per heavy atom. The number of carbonyl (C=O) groups excluding carboxylic acids is 8. The number of carbonyl (C=O) groups is 8. The number of Topliss-reactive ketones (excluding diaryl/α,β-unsaturated/α-hetero) is 3. The summed E-state index contributed by atoms with van der Waals surface area (Å²) in [6, 6.07) is -3.77. The molecule has 55 heavy (non-hydrogen) atoms. The van der Waals surface area contributed by atoms with Crippen LogP contribution in [-0.2, 0) is 38.4 Å². The smallest absolute Gasteiger partial charge is 0.242 e. The maximum Gasteiger partial charge on any atom is 0.242 e. The molecule has 0 saturated heterocycles. The summed E-state index contributed by atoms with van der Waals surface area (Å²) in [5.74, 6) is -4.01. The van der Waals surface area contributed by atoms with Gasteiger partial charge in [0.25, 0.3) is 0 Å². The molecule has 16 nitrogen and oxygen atoms in total. The van der Waals surface area contributed by atoms with Crippen molar-refractivity contribution < 1.29 is 38.4 Å². The predicted octanol–water partition coefficient (Wildman–Crippen LogP) is 0.573. The third kappa shape index (κ3) is 22.7. The SMILES string of the molecule is CNC(=O)C(CS)CC(=O)C(CCCCNC(=O)C(CCCCCC(=O)C(C)N)NC(=O)C(C)N)NC(=O)C(CCCCNC(=O)C(C)N)CC(=O)C(C)C. The molecule has 0 spiro atoms. The lowest BCUT2D eigenvalue weighted by Crippen LogP contribution is -2.51. The molecule has 0 aromatic heterocycles. The van der Waals surface area contributed by atoms with Gasteiger partial charge in [-0.05, 0) is 65.7 Å². The van der Waals surface area contributed by atoms with E-state index in [-0.39, 0.29) is 66.6 Å². The van der Waals surface area contributed by atoms with E-state index in [9.17, 15) is 38.4 Å². The molecule has 11 N–H and O–H groups in total. The third-order valence-electron chi connectivity index (χ3n) is 9.33. The fourth-order valence-electron chi connectivity index (χ4n) is 5.56. The molecule has 0 fully saturated rings. The number of amides is 5. The largest absolute Gasteiger partial charge is 0.359 e. The number of nitrogens with two attached hydrogens (primary N) is 3. The van der Waals surface area contributed by atoms with E-state index in [1.807, 2.05) is 0 Å². The van der Waals surface area contributed by atoms with Crippen molar-refractivity contribution in [3.05, 3.63) is 0 Å². The van der Waals surface area contributed by atoms with Gasteiger partial charge in [-0.2, -0.15) is 12.6 Å². The molecule has 7 atom stereocenters. The van der Waals surface area contributed by atoms with Crippen molar-refractivity contribution in [2.75, 3.05) is 25.9 Å². The molecule has 0 radical (unpaired) electrons. The summed E-state index contributed by atoms with van der Waals surface area (Å²) < 4.78 is 0. The molecule has 7 unspecified atom stereocenters. The van der Waals surface area contributed by atoms with Gasteiger partial charge < -0.3 is 43.8 Å². The molecule has 0 aliphatic heterocycles. The number of rotatable bonds is 31. The second kappa shape index (κ2) is 28.9. The Morgan fingerprint density at radius 3 is 1.55 bits per heavy atom. The van der Waals surface area contributed by atoms with E-state index in [0.29, 0.717) is 70.8 Å². The van der Waals surface area contributed by atoms with Gasteiger partial charge in [0.15, 0.2) is 5.78 Å². The maximum absolute atomic E-state index is 13.7. The number of ketones is 3.